The van der Waals surface area contributed by atoms with Crippen LogP contribution < -0.4 is 0 Å². The van der Waals surface area contributed by atoms with Crippen LogP contribution in [0, 0.1) is 0 Å². The molecule has 0 aliphatic carbocycles. The molecule has 0 saturated carbocycles. The first-order valence-electron chi connectivity index (χ1n) is 13.2. The van der Waals surface area contributed by atoms with E-state index in [1.54, 1.807) is 0 Å². The minimum atomic E-state index is 0.790. The number of fused-ring (bicyclic) bond motifs is 2. The van der Waals surface area contributed by atoms with Crippen molar-refractivity contribution in [3.8, 4) is 22.3 Å². The van der Waals surface area contributed by atoms with Crippen LogP contribution in [0.4, 0.5) is 11.4 Å². The van der Waals surface area contributed by atoms with Crippen molar-refractivity contribution in [2.45, 2.75) is 0 Å². The molecule has 0 radical (unpaired) electrons. The summed E-state index contributed by atoms with van der Waals surface area (Å²) in [5.41, 5.74) is 11.1. The Morgan fingerprint density at radius 2 is 0.725 bits per heavy atom. The van der Waals surface area contributed by atoms with Crippen molar-refractivity contribution in [3.63, 3.8) is 0 Å². The average molecular weight is 513 g/mol. The fourth-order valence-electron chi connectivity index (χ4n) is 4.97. The lowest BCUT2D eigenvalue weighted by molar-refractivity contribution is 1.26. The molecule has 0 bridgehead atoms. The molecule has 0 amide bonds. The summed E-state index contributed by atoms with van der Waals surface area (Å²) in [5.74, 6) is 0. The Labute approximate surface area is 233 Å². The number of aliphatic imine (C=N–C) groups is 2. The van der Waals surface area contributed by atoms with Crippen LogP contribution >= 0.6 is 0 Å². The van der Waals surface area contributed by atoms with Crippen molar-refractivity contribution >= 4 is 22.8 Å². The van der Waals surface area contributed by atoms with Gasteiger partial charge in [-0.05, 0) is 35.4 Å². The maximum atomic E-state index is 5.20. The second-order valence-electron chi connectivity index (χ2n) is 9.55. The monoisotopic (exact) mass is 512 g/mol. The first kappa shape index (κ1) is 23.6. The van der Waals surface area contributed by atoms with Gasteiger partial charge in [-0.2, -0.15) is 0 Å². The predicted molar refractivity (Wildman–Crippen MR) is 163 cm³/mol. The lowest BCUT2D eigenvalue weighted by Gasteiger charge is -2.17. The van der Waals surface area contributed by atoms with Crippen LogP contribution in [0.2, 0.25) is 0 Å². The van der Waals surface area contributed by atoms with Gasteiger partial charge in [0.2, 0.25) is 0 Å². The van der Waals surface area contributed by atoms with Gasteiger partial charge in [0.1, 0.15) is 0 Å². The van der Waals surface area contributed by atoms with Crippen LogP contribution in [-0.4, -0.2) is 21.4 Å². The van der Waals surface area contributed by atoms with Crippen LogP contribution in [0.3, 0.4) is 0 Å². The number of hydrogen-bond donors (Lipinski definition) is 0. The Morgan fingerprint density at radius 1 is 0.325 bits per heavy atom. The van der Waals surface area contributed by atoms with Gasteiger partial charge in [0.25, 0.3) is 0 Å². The van der Waals surface area contributed by atoms with E-state index >= 15 is 0 Å². The van der Waals surface area contributed by atoms with Gasteiger partial charge in [-0.25, -0.2) is 9.98 Å². The molecule has 0 atom stereocenters. The number of pyridine rings is 2. The predicted octanol–water partition coefficient (Wildman–Crippen LogP) is 8.46. The molecular weight excluding hydrogens is 488 g/mol. The minimum Gasteiger partial charge on any atom is -0.254 e. The van der Waals surface area contributed by atoms with Crippen LogP contribution in [-0.2, 0) is 0 Å². The second kappa shape index (κ2) is 10.4. The average Bonchev–Trinajstić information content (AvgIpc) is 3.03. The fraction of sp³-hybridized carbons (Fsp3) is 0. The molecule has 4 nitrogen and oxygen atoms in total. The quantitative estimate of drug-likeness (QED) is 0.237. The maximum absolute atomic E-state index is 5.20. The summed E-state index contributed by atoms with van der Waals surface area (Å²) in [4.78, 5) is 20.1. The number of benzene rings is 4. The highest BCUT2D eigenvalue weighted by Crippen LogP contribution is 2.33. The van der Waals surface area contributed by atoms with Crippen molar-refractivity contribution in [2.24, 2.45) is 9.98 Å². The summed E-state index contributed by atoms with van der Waals surface area (Å²) < 4.78 is 0. The summed E-state index contributed by atoms with van der Waals surface area (Å²) >= 11 is 0. The summed E-state index contributed by atoms with van der Waals surface area (Å²) in [6.45, 7) is 0. The van der Waals surface area contributed by atoms with E-state index < -0.39 is 0 Å². The molecule has 0 spiro atoms. The largest absolute Gasteiger partial charge is 0.254 e. The summed E-state index contributed by atoms with van der Waals surface area (Å²) in [5, 5.41) is 0. The third-order valence-electron chi connectivity index (χ3n) is 7.01. The van der Waals surface area contributed by atoms with Crippen molar-refractivity contribution in [3.05, 3.63) is 168 Å². The maximum Gasteiger partial charge on any atom is 0.0987 e. The van der Waals surface area contributed by atoms with Gasteiger partial charge < -0.3 is 0 Å². The van der Waals surface area contributed by atoms with E-state index in [2.05, 4.69) is 48.5 Å². The molecule has 2 aromatic heterocycles. The molecule has 4 aromatic carbocycles. The number of nitrogens with zero attached hydrogens (tertiary/aromatic N) is 4. The molecule has 3 heterocycles. The molecule has 1 aliphatic heterocycles. The zero-order valence-corrected chi connectivity index (χ0v) is 21.6. The summed E-state index contributed by atoms with van der Waals surface area (Å²) in [6.07, 6.45) is 3.82. The number of aromatic nitrogens is 2. The Hall–Kier alpha value is -5.48. The van der Waals surface area contributed by atoms with Gasteiger partial charge in [-0.1, -0.05) is 109 Å². The third kappa shape index (κ3) is 4.52. The Kier molecular flexibility index (Phi) is 6.11. The van der Waals surface area contributed by atoms with Gasteiger partial charge in [0.15, 0.2) is 0 Å². The normalized spacial score (nSPS) is 14.9. The number of hydrogen-bond acceptors (Lipinski definition) is 4. The molecule has 1 aliphatic rings. The molecule has 0 unspecified atom stereocenters. The molecule has 0 saturated heterocycles. The van der Waals surface area contributed by atoms with E-state index in [1.165, 1.54) is 0 Å². The van der Waals surface area contributed by atoms with Gasteiger partial charge in [-0.3, -0.25) is 9.97 Å². The Bertz CT molecular complexity index is 1710. The smallest absolute Gasteiger partial charge is 0.0987 e. The van der Waals surface area contributed by atoms with Gasteiger partial charge in [0.05, 0.1) is 34.2 Å². The van der Waals surface area contributed by atoms with Crippen LogP contribution in [0.1, 0.15) is 22.5 Å². The first-order valence-corrected chi connectivity index (χ1v) is 13.2. The van der Waals surface area contributed by atoms with Crippen molar-refractivity contribution in [1.82, 2.24) is 9.97 Å². The van der Waals surface area contributed by atoms with E-state index in [1.807, 2.05) is 97.3 Å². The Morgan fingerprint density at radius 3 is 1.12 bits per heavy atom. The molecule has 6 aromatic rings. The van der Waals surface area contributed by atoms with E-state index in [4.69, 9.17) is 20.0 Å². The zero-order valence-electron chi connectivity index (χ0n) is 21.6. The molecule has 0 fully saturated rings. The molecule has 4 heteroatoms. The number of rotatable bonds is 4. The molecule has 7 rings (SSSR count). The van der Waals surface area contributed by atoms with Crippen LogP contribution in [0.5, 0.6) is 0 Å². The van der Waals surface area contributed by atoms with E-state index in [-0.39, 0.29) is 0 Å². The summed E-state index contributed by atoms with van der Waals surface area (Å²) in [7, 11) is 0. The van der Waals surface area contributed by atoms with Crippen molar-refractivity contribution < 1.29 is 0 Å². The lowest BCUT2D eigenvalue weighted by atomic mass is 9.98. The first-order chi connectivity index (χ1) is 19.8. The van der Waals surface area contributed by atoms with Gasteiger partial charge in [0, 0.05) is 34.6 Å². The van der Waals surface area contributed by atoms with Crippen LogP contribution in [0.25, 0.3) is 22.3 Å². The molecule has 0 N–H and O–H groups in total. The number of para-hydroxylation sites is 2. The van der Waals surface area contributed by atoms with E-state index in [0.29, 0.717) is 0 Å². The lowest BCUT2D eigenvalue weighted by Crippen LogP contribution is -2.12. The fourth-order valence-corrected chi connectivity index (χ4v) is 4.97. The van der Waals surface area contributed by atoms with E-state index in [0.717, 1.165) is 67.6 Å². The van der Waals surface area contributed by atoms with Crippen molar-refractivity contribution in [1.29, 1.82) is 0 Å². The third-order valence-corrected chi connectivity index (χ3v) is 7.01. The highest BCUT2D eigenvalue weighted by atomic mass is 14.9. The minimum absolute atomic E-state index is 0.790. The molecular formula is C36H24N4. The van der Waals surface area contributed by atoms with Gasteiger partial charge in [-0.15, -0.1) is 0 Å². The SMILES string of the molecule is c1ccc(-c2ccc(/C3=N/c4ccccc4/C(c4ccc(-c5ccccc5)cn4)=N\c4ccccc43)nc2)cc1. The topological polar surface area (TPSA) is 50.5 Å². The molecule has 40 heavy (non-hydrogen) atoms. The second-order valence-corrected chi connectivity index (χ2v) is 9.55. The van der Waals surface area contributed by atoms with Crippen molar-refractivity contribution in [2.75, 3.05) is 0 Å². The Balaban J connectivity index is 1.34. The zero-order chi connectivity index (χ0) is 26.7. The summed E-state index contributed by atoms with van der Waals surface area (Å²) in [6, 6.07) is 45.0. The highest BCUT2D eigenvalue weighted by molar-refractivity contribution is 6.21. The van der Waals surface area contributed by atoms with Gasteiger partial charge >= 0.3 is 0 Å². The van der Waals surface area contributed by atoms with Crippen LogP contribution in [0.15, 0.2) is 156 Å². The molecule has 188 valence electrons. The standard InChI is InChI=1S/C36H24N4/c1-3-11-25(12-4-1)27-19-21-33(37-23-27)35-29-15-7-9-17-31(29)40-36(30-16-8-10-18-32(30)39-35)34-22-20-28(24-38-34)26-13-5-2-6-14-26/h1-24H/b35-29?,36-30?,39-32?,39-35+,40-31?,40-36+. The highest BCUT2D eigenvalue weighted by Gasteiger charge is 2.21. The van der Waals surface area contributed by atoms with E-state index in [9.17, 15) is 0 Å².